The Morgan fingerprint density at radius 2 is 1.89 bits per heavy atom. The summed E-state index contributed by atoms with van der Waals surface area (Å²) in [5, 5.41) is 6.26. The lowest BCUT2D eigenvalue weighted by Crippen LogP contribution is -2.50. The minimum absolute atomic E-state index is 0.0496. The molecule has 28 heavy (non-hydrogen) atoms. The number of nitrogens with zero attached hydrogens (tertiary/aromatic N) is 2. The van der Waals surface area contributed by atoms with Gasteiger partial charge in [-0.15, -0.1) is 0 Å². The average Bonchev–Trinajstić information content (AvgIpc) is 3.08. The summed E-state index contributed by atoms with van der Waals surface area (Å²) in [7, 11) is 0. The van der Waals surface area contributed by atoms with Gasteiger partial charge in [0.05, 0.1) is 5.69 Å². The van der Waals surface area contributed by atoms with Crippen molar-refractivity contribution in [3.63, 3.8) is 0 Å². The van der Waals surface area contributed by atoms with E-state index < -0.39 is 6.04 Å². The number of carbonyl (C=O) groups excluding carboxylic acids is 2. The Labute approximate surface area is 168 Å². The summed E-state index contributed by atoms with van der Waals surface area (Å²) in [5.41, 5.74) is 2.24. The zero-order valence-electron chi connectivity index (χ0n) is 15.9. The molecular formula is C21H23ClN4O2. The summed E-state index contributed by atoms with van der Waals surface area (Å²) in [6.45, 7) is 4.24. The van der Waals surface area contributed by atoms with E-state index in [-0.39, 0.29) is 17.7 Å². The molecule has 2 N–H and O–H groups in total. The van der Waals surface area contributed by atoms with Crippen LogP contribution in [-0.2, 0) is 11.2 Å². The molecule has 2 heterocycles. The highest BCUT2D eigenvalue weighted by molar-refractivity contribution is 6.30. The first-order valence-electron chi connectivity index (χ1n) is 9.21. The number of hydrogen-bond acceptors (Lipinski definition) is 3. The third kappa shape index (κ3) is 4.89. The van der Waals surface area contributed by atoms with Crippen molar-refractivity contribution in [3.8, 4) is 0 Å². The van der Waals surface area contributed by atoms with Crippen molar-refractivity contribution in [2.75, 3.05) is 6.54 Å². The van der Waals surface area contributed by atoms with Crippen molar-refractivity contribution in [1.29, 1.82) is 0 Å². The van der Waals surface area contributed by atoms with Gasteiger partial charge in [0.25, 0.3) is 5.91 Å². The standard InChI is InChI=1S/C21H23ClN4O2/c1-14(2)19(25-20(27)15-6-8-16(22)9-7-15)21(28)23-11-10-17-13-26-12-4-3-5-18(26)24-17/h3-9,12-14,19H,10-11H2,1-2H3,(H,23,28)(H,25,27)/t19-/m1/s1. The van der Waals surface area contributed by atoms with Crippen LogP contribution < -0.4 is 10.6 Å². The monoisotopic (exact) mass is 398 g/mol. The van der Waals surface area contributed by atoms with Crippen molar-refractivity contribution in [3.05, 3.63) is 71.1 Å². The second-order valence-electron chi connectivity index (χ2n) is 6.94. The van der Waals surface area contributed by atoms with Crippen molar-refractivity contribution in [2.24, 2.45) is 5.92 Å². The summed E-state index contributed by atoms with van der Waals surface area (Å²) in [4.78, 5) is 29.5. The van der Waals surface area contributed by atoms with Gasteiger partial charge in [0.1, 0.15) is 11.7 Å². The minimum Gasteiger partial charge on any atom is -0.354 e. The first kappa shape index (κ1) is 19.9. The largest absolute Gasteiger partial charge is 0.354 e. The average molecular weight is 399 g/mol. The number of pyridine rings is 1. The van der Waals surface area contributed by atoms with Gasteiger partial charge in [-0.05, 0) is 42.3 Å². The summed E-state index contributed by atoms with van der Waals surface area (Å²) in [6.07, 6.45) is 4.50. The molecule has 1 atom stereocenters. The number of hydrogen-bond donors (Lipinski definition) is 2. The second-order valence-corrected chi connectivity index (χ2v) is 7.38. The predicted molar refractivity (Wildman–Crippen MR) is 109 cm³/mol. The Bertz CT molecular complexity index is 933. The fourth-order valence-electron chi connectivity index (χ4n) is 2.89. The van der Waals surface area contributed by atoms with Crippen molar-refractivity contribution in [1.82, 2.24) is 20.0 Å². The van der Waals surface area contributed by atoms with Crippen LogP contribution in [0, 0.1) is 5.92 Å². The molecular weight excluding hydrogens is 376 g/mol. The zero-order valence-corrected chi connectivity index (χ0v) is 16.6. The lowest BCUT2D eigenvalue weighted by atomic mass is 10.0. The second kappa shape index (κ2) is 8.89. The molecule has 6 nitrogen and oxygen atoms in total. The summed E-state index contributed by atoms with van der Waals surface area (Å²) < 4.78 is 1.94. The van der Waals surface area contributed by atoms with E-state index in [0.717, 1.165) is 11.3 Å². The molecule has 0 radical (unpaired) electrons. The van der Waals surface area contributed by atoms with Crippen LogP contribution in [0.3, 0.4) is 0 Å². The van der Waals surface area contributed by atoms with Gasteiger partial charge in [0, 0.05) is 35.9 Å². The van der Waals surface area contributed by atoms with Crippen LogP contribution in [0.5, 0.6) is 0 Å². The molecule has 2 amide bonds. The number of benzene rings is 1. The Hall–Kier alpha value is -2.86. The van der Waals surface area contributed by atoms with E-state index in [4.69, 9.17) is 11.6 Å². The fraction of sp³-hybridized carbons (Fsp3) is 0.286. The maximum Gasteiger partial charge on any atom is 0.251 e. The van der Waals surface area contributed by atoms with Crippen LogP contribution in [-0.4, -0.2) is 33.8 Å². The van der Waals surface area contributed by atoms with E-state index in [2.05, 4.69) is 15.6 Å². The van der Waals surface area contributed by atoms with Gasteiger partial charge in [-0.25, -0.2) is 4.98 Å². The molecule has 7 heteroatoms. The summed E-state index contributed by atoms with van der Waals surface area (Å²) in [5.74, 6) is -0.557. The maximum atomic E-state index is 12.6. The van der Waals surface area contributed by atoms with E-state index in [9.17, 15) is 9.59 Å². The zero-order chi connectivity index (χ0) is 20.1. The van der Waals surface area contributed by atoms with Crippen molar-refractivity contribution >= 4 is 29.1 Å². The van der Waals surface area contributed by atoms with Crippen LogP contribution in [0.1, 0.15) is 29.9 Å². The molecule has 0 bridgehead atoms. The van der Waals surface area contributed by atoms with E-state index >= 15 is 0 Å². The van der Waals surface area contributed by atoms with E-state index in [1.54, 1.807) is 24.3 Å². The van der Waals surface area contributed by atoms with Gasteiger partial charge < -0.3 is 15.0 Å². The van der Waals surface area contributed by atoms with Crippen LogP contribution in [0.15, 0.2) is 54.9 Å². The van der Waals surface area contributed by atoms with Gasteiger partial charge in [-0.2, -0.15) is 0 Å². The Morgan fingerprint density at radius 3 is 2.57 bits per heavy atom. The number of fused-ring (bicyclic) bond motifs is 1. The minimum atomic E-state index is -0.621. The predicted octanol–water partition coefficient (Wildman–Crippen LogP) is 3.10. The molecule has 3 rings (SSSR count). The molecule has 0 saturated carbocycles. The Kier molecular flexibility index (Phi) is 6.31. The Morgan fingerprint density at radius 1 is 1.14 bits per heavy atom. The van der Waals surface area contributed by atoms with Gasteiger partial charge in [0.15, 0.2) is 0 Å². The van der Waals surface area contributed by atoms with E-state index in [0.29, 0.717) is 23.6 Å². The molecule has 2 aromatic heterocycles. The molecule has 0 aliphatic heterocycles. The smallest absolute Gasteiger partial charge is 0.251 e. The third-order valence-electron chi connectivity index (χ3n) is 4.44. The first-order chi connectivity index (χ1) is 13.4. The molecule has 0 spiro atoms. The number of nitrogens with one attached hydrogen (secondary N) is 2. The molecule has 3 aromatic rings. The number of amides is 2. The molecule has 0 aliphatic rings. The normalized spacial score (nSPS) is 12.1. The molecule has 0 aliphatic carbocycles. The molecule has 146 valence electrons. The number of rotatable bonds is 7. The molecule has 1 aromatic carbocycles. The lowest BCUT2D eigenvalue weighted by Gasteiger charge is -2.21. The van der Waals surface area contributed by atoms with Crippen molar-refractivity contribution in [2.45, 2.75) is 26.3 Å². The highest BCUT2D eigenvalue weighted by atomic mass is 35.5. The van der Waals surface area contributed by atoms with Crippen LogP contribution in [0.25, 0.3) is 5.65 Å². The number of carbonyl (C=O) groups is 2. The highest BCUT2D eigenvalue weighted by Crippen LogP contribution is 2.11. The summed E-state index contributed by atoms with van der Waals surface area (Å²) >= 11 is 5.85. The fourth-order valence-corrected chi connectivity index (χ4v) is 3.02. The van der Waals surface area contributed by atoms with Crippen molar-refractivity contribution < 1.29 is 9.59 Å². The first-order valence-corrected chi connectivity index (χ1v) is 9.58. The molecule has 0 saturated heterocycles. The third-order valence-corrected chi connectivity index (χ3v) is 4.69. The summed E-state index contributed by atoms with van der Waals surface area (Å²) in [6, 6.07) is 11.8. The van der Waals surface area contributed by atoms with Gasteiger partial charge in [-0.3, -0.25) is 9.59 Å². The topological polar surface area (TPSA) is 75.5 Å². The van der Waals surface area contributed by atoms with Gasteiger partial charge in [-0.1, -0.05) is 31.5 Å². The van der Waals surface area contributed by atoms with E-state index in [1.165, 1.54) is 0 Å². The van der Waals surface area contributed by atoms with Gasteiger partial charge in [0.2, 0.25) is 5.91 Å². The van der Waals surface area contributed by atoms with Crippen LogP contribution in [0.4, 0.5) is 0 Å². The Balaban J connectivity index is 1.56. The van der Waals surface area contributed by atoms with Gasteiger partial charge >= 0.3 is 0 Å². The van der Waals surface area contributed by atoms with E-state index in [1.807, 2.05) is 48.8 Å². The maximum absolute atomic E-state index is 12.6. The quantitative estimate of drug-likeness (QED) is 0.642. The van der Waals surface area contributed by atoms with Crippen LogP contribution >= 0.6 is 11.6 Å². The lowest BCUT2D eigenvalue weighted by molar-refractivity contribution is -0.123. The number of halogens is 1. The highest BCUT2D eigenvalue weighted by Gasteiger charge is 2.24. The molecule has 0 unspecified atom stereocenters. The SMILES string of the molecule is CC(C)[C@@H](NC(=O)c1ccc(Cl)cc1)C(=O)NCCc1cn2ccccc2n1. The van der Waals surface area contributed by atoms with Crippen LogP contribution in [0.2, 0.25) is 5.02 Å². The number of imidazole rings is 1. The molecule has 0 fully saturated rings. The number of aromatic nitrogens is 2.